The number of nitrogens with one attached hydrogen (secondary N) is 2. The third-order valence-corrected chi connectivity index (χ3v) is 4.72. The number of nitrogens with zero attached hydrogens (tertiary/aromatic N) is 2. The van der Waals surface area contributed by atoms with Crippen molar-refractivity contribution in [1.29, 1.82) is 0 Å². The van der Waals surface area contributed by atoms with Crippen molar-refractivity contribution in [3.05, 3.63) is 48.5 Å². The molecular weight excluding hydrogens is 450 g/mol. The van der Waals surface area contributed by atoms with E-state index in [-0.39, 0.29) is 79.7 Å². The topological polar surface area (TPSA) is 163 Å². The van der Waals surface area contributed by atoms with Crippen LogP contribution in [0.4, 0.5) is 11.4 Å². The minimum atomic E-state index is -4.53. The van der Waals surface area contributed by atoms with Crippen LogP contribution in [0.1, 0.15) is 0 Å². The van der Waals surface area contributed by atoms with Crippen molar-refractivity contribution < 1.29 is 85.1 Å². The Bertz CT molecular complexity index is 1040. The minimum Gasteiger partial charge on any atom is -0.744 e. The van der Waals surface area contributed by atoms with Crippen LogP contribution in [0.2, 0.25) is 0 Å². The Hall–Kier alpha value is -0.450. The van der Waals surface area contributed by atoms with Gasteiger partial charge in [-0.05, 0) is 60.7 Å². The number of benzene rings is 2. The molecule has 0 bridgehead atoms. The van der Waals surface area contributed by atoms with Gasteiger partial charge in [-0.1, -0.05) is 0 Å². The van der Waals surface area contributed by atoms with Gasteiger partial charge in [0.25, 0.3) is 0 Å². The van der Waals surface area contributed by atoms with E-state index in [2.05, 4.69) is 21.1 Å². The smallest absolute Gasteiger partial charge is 0.744 e. The normalized spacial score (nSPS) is 11.2. The summed E-state index contributed by atoms with van der Waals surface area (Å²) in [5.41, 5.74) is 5.82. The quantitative estimate of drug-likeness (QED) is 0.147. The van der Waals surface area contributed by atoms with Crippen molar-refractivity contribution in [1.82, 2.24) is 5.43 Å². The van der Waals surface area contributed by atoms with Crippen molar-refractivity contribution in [2.45, 2.75) is 9.79 Å². The van der Waals surface area contributed by atoms with E-state index >= 15 is 0 Å². The van der Waals surface area contributed by atoms with Crippen LogP contribution in [-0.4, -0.2) is 31.1 Å². The summed E-state index contributed by atoms with van der Waals surface area (Å²) in [6, 6.07) is 9.71. The van der Waals surface area contributed by atoms with Crippen molar-refractivity contribution in [2.75, 3.05) is 5.43 Å². The standard InChI is InChI=1S/C13H12N4O6S3.2Na/c18-25(19,20)11-5-1-9(2-6-11)14-16-13(24)17-15-10-3-7-12(8-4-10)26(21,22)23;;/h1-8,14H,(H,16,24)(H,18,19,20)(H,21,22,23);;/q;2*+1/p-2. The van der Waals surface area contributed by atoms with Crippen LogP contribution in [0.25, 0.3) is 0 Å². The maximum Gasteiger partial charge on any atom is 1.00 e. The van der Waals surface area contributed by atoms with Gasteiger partial charge in [-0.3, -0.25) is 10.9 Å². The zero-order chi connectivity index (χ0) is 19.4. The molecule has 0 aliphatic rings. The number of azo groups is 1. The second-order valence-corrected chi connectivity index (χ2v) is 7.83. The molecule has 0 heterocycles. The Morgan fingerprint density at radius 3 is 1.68 bits per heavy atom. The number of hydrogen-bond acceptors (Lipinski definition) is 9. The maximum atomic E-state index is 10.8. The molecular formula is C13H10N4Na2O6S3. The Morgan fingerprint density at radius 2 is 1.25 bits per heavy atom. The summed E-state index contributed by atoms with van der Waals surface area (Å²) in [7, 11) is -9.05. The number of hydrazine groups is 1. The third-order valence-electron chi connectivity index (χ3n) is 2.84. The summed E-state index contributed by atoms with van der Waals surface area (Å²) >= 11 is 4.90. The molecule has 0 aromatic heterocycles. The Labute approximate surface area is 211 Å². The number of anilines is 1. The molecule has 2 aromatic carbocycles. The fourth-order valence-electron chi connectivity index (χ4n) is 1.64. The second-order valence-electron chi connectivity index (χ2n) is 4.68. The van der Waals surface area contributed by atoms with Crippen molar-refractivity contribution in [2.24, 2.45) is 10.2 Å². The van der Waals surface area contributed by atoms with Gasteiger partial charge >= 0.3 is 59.1 Å². The van der Waals surface area contributed by atoms with Crippen LogP contribution < -0.4 is 70.0 Å². The van der Waals surface area contributed by atoms with Gasteiger partial charge in [0.2, 0.25) is 5.11 Å². The molecule has 0 aliphatic carbocycles. The van der Waals surface area contributed by atoms with E-state index < -0.39 is 20.2 Å². The maximum absolute atomic E-state index is 10.8. The first kappa shape index (κ1) is 27.5. The molecule has 0 atom stereocenters. The summed E-state index contributed by atoms with van der Waals surface area (Å²) in [5, 5.41) is 7.34. The first-order chi connectivity index (χ1) is 12.1. The van der Waals surface area contributed by atoms with Gasteiger partial charge in [-0.25, -0.2) is 16.8 Å². The molecule has 0 radical (unpaired) electrons. The van der Waals surface area contributed by atoms with E-state index in [1.165, 1.54) is 24.3 Å². The van der Waals surface area contributed by atoms with Crippen LogP contribution in [0.15, 0.2) is 68.6 Å². The zero-order valence-corrected chi connectivity index (χ0v) is 21.1. The number of rotatable bonds is 5. The zero-order valence-electron chi connectivity index (χ0n) is 14.7. The van der Waals surface area contributed by atoms with E-state index in [0.717, 1.165) is 24.3 Å². The molecule has 0 fully saturated rings. The van der Waals surface area contributed by atoms with E-state index in [0.29, 0.717) is 5.69 Å². The van der Waals surface area contributed by atoms with E-state index in [1.807, 2.05) is 0 Å². The molecule has 0 saturated carbocycles. The molecule has 28 heavy (non-hydrogen) atoms. The van der Waals surface area contributed by atoms with Crippen molar-refractivity contribution in [3.63, 3.8) is 0 Å². The fraction of sp³-hybridized carbons (Fsp3) is 0. The molecule has 0 saturated heterocycles. The summed E-state index contributed by atoms with van der Waals surface area (Å²) in [6.45, 7) is 0. The van der Waals surface area contributed by atoms with E-state index in [1.54, 1.807) is 0 Å². The van der Waals surface area contributed by atoms with Crippen LogP contribution in [-0.2, 0) is 20.2 Å². The molecule has 0 unspecified atom stereocenters. The number of hydrogen-bond donors (Lipinski definition) is 2. The van der Waals surface area contributed by atoms with Crippen molar-refractivity contribution >= 4 is 48.9 Å². The van der Waals surface area contributed by atoms with Gasteiger partial charge in [-0.2, -0.15) is 0 Å². The van der Waals surface area contributed by atoms with Crippen molar-refractivity contribution in [3.8, 4) is 0 Å². The monoisotopic (exact) mass is 460 g/mol. The predicted octanol–water partition coefficient (Wildman–Crippen LogP) is -4.51. The fourth-order valence-corrected chi connectivity index (χ4v) is 2.67. The van der Waals surface area contributed by atoms with E-state index in [9.17, 15) is 25.9 Å². The Balaban J connectivity index is 0.00000364. The van der Waals surface area contributed by atoms with Crippen LogP contribution in [0.3, 0.4) is 0 Å². The first-order valence-electron chi connectivity index (χ1n) is 6.65. The molecule has 2 rings (SSSR count). The van der Waals surface area contributed by atoms with Crippen LogP contribution >= 0.6 is 12.2 Å². The van der Waals surface area contributed by atoms with Gasteiger partial charge in [-0.15, -0.1) is 10.2 Å². The summed E-state index contributed by atoms with van der Waals surface area (Å²) in [4.78, 5) is -0.754. The summed E-state index contributed by atoms with van der Waals surface area (Å²) < 4.78 is 64.9. The Kier molecular flexibility index (Phi) is 11.5. The summed E-state index contributed by atoms with van der Waals surface area (Å²) in [5.74, 6) is 0. The third kappa shape index (κ3) is 8.92. The second kappa shape index (κ2) is 11.7. The SMILES string of the molecule is O=S(=O)([O-])c1ccc(N=NC(=S)NNc2ccc(S(=O)(=O)[O-])cc2)cc1.[Na+].[Na+]. The first-order valence-corrected chi connectivity index (χ1v) is 9.88. The average molecular weight is 460 g/mol. The largest absolute Gasteiger partial charge is 1.00 e. The van der Waals surface area contributed by atoms with Gasteiger partial charge in [0, 0.05) is 0 Å². The van der Waals surface area contributed by atoms with Gasteiger partial charge in [0.05, 0.1) is 21.2 Å². The molecule has 15 heteroatoms. The Morgan fingerprint density at radius 1 is 0.821 bits per heavy atom. The van der Waals surface area contributed by atoms with Crippen LogP contribution in [0, 0.1) is 0 Å². The molecule has 0 aliphatic heterocycles. The average Bonchev–Trinajstić information content (AvgIpc) is 2.57. The minimum absolute atomic E-state index is 0. The molecule has 2 aromatic rings. The predicted molar refractivity (Wildman–Crippen MR) is 92.7 cm³/mol. The molecule has 0 amide bonds. The van der Waals surface area contributed by atoms with Crippen LogP contribution in [0.5, 0.6) is 0 Å². The molecule has 0 spiro atoms. The van der Waals surface area contributed by atoms with Gasteiger partial charge in [0.1, 0.15) is 20.2 Å². The molecule has 10 nitrogen and oxygen atoms in total. The number of thiocarbonyl (C=S) groups is 1. The van der Waals surface area contributed by atoms with Gasteiger partial charge in [0.15, 0.2) is 0 Å². The molecule has 2 N–H and O–H groups in total. The van der Waals surface area contributed by atoms with E-state index in [4.69, 9.17) is 12.2 Å². The molecule has 138 valence electrons. The summed E-state index contributed by atoms with van der Waals surface area (Å²) in [6.07, 6.45) is 0. The van der Waals surface area contributed by atoms with Gasteiger partial charge < -0.3 is 9.11 Å².